The van der Waals surface area contributed by atoms with Crippen LogP contribution in [0, 0.1) is 0 Å². The van der Waals surface area contributed by atoms with Gasteiger partial charge in [0.05, 0.1) is 6.20 Å². The van der Waals surface area contributed by atoms with E-state index in [1.165, 1.54) is 11.1 Å². The molecule has 72 valence electrons. The van der Waals surface area contributed by atoms with Gasteiger partial charge in [0.25, 0.3) is 0 Å². The Kier molecular flexibility index (Phi) is 2.58. The molecule has 0 aromatic carbocycles. The fourth-order valence-corrected chi connectivity index (χ4v) is 1.41. The van der Waals surface area contributed by atoms with Gasteiger partial charge in [-0.1, -0.05) is 6.07 Å². The summed E-state index contributed by atoms with van der Waals surface area (Å²) in [5.74, 6) is 0. The first-order valence-corrected chi connectivity index (χ1v) is 4.78. The standard InChI is InChI=1S/C11H13N3/c1-2-14-9-11(8-13-14)6-10-4-3-5-12-7-10/h3-5,7-9H,2,6H2,1H3. The summed E-state index contributed by atoms with van der Waals surface area (Å²) in [7, 11) is 0. The van der Waals surface area contributed by atoms with Crippen LogP contribution in [0.1, 0.15) is 18.1 Å². The normalized spacial score (nSPS) is 10.4. The molecule has 0 saturated heterocycles. The minimum absolute atomic E-state index is 0.911. The summed E-state index contributed by atoms with van der Waals surface area (Å²) in [6.07, 6.45) is 8.58. The second-order valence-electron chi connectivity index (χ2n) is 3.24. The van der Waals surface area contributed by atoms with Crippen LogP contribution in [0.15, 0.2) is 36.9 Å². The summed E-state index contributed by atoms with van der Waals surface area (Å²) in [5, 5.41) is 4.23. The van der Waals surface area contributed by atoms with Crippen molar-refractivity contribution in [3.05, 3.63) is 48.0 Å². The van der Waals surface area contributed by atoms with Crippen molar-refractivity contribution in [2.75, 3.05) is 0 Å². The minimum atomic E-state index is 0.911. The maximum absolute atomic E-state index is 4.23. The van der Waals surface area contributed by atoms with Crippen molar-refractivity contribution < 1.29 is 0 Å². The highest BCUT2D eigenvalue weighted by Crippen LogP contribution is 2.06. The quantitative estimate of drug-likeness (QED) is 0.734. The van der Waals surface area contributed by atoms with Gasteiger partial charge in [0.15, 0.2) is 0 Å². The molecule has 0 aliphatic rings. The van der Waals surface area contributed by atoms with E-state index < -0.39 is 0 Å². The average Bonchev–Trinajstić information content (AvgIpc) is 2.67. The van der Waals surface area contributed by atoms with Crippen LogP contribution in [0.2, 0.25) is 0 Å². The van der Waals surface area contributed by atoms with Gasteiger partial charge in [0.2, 0.25) is 0 Å². The van der Waals surface area contributed by atoms with Gasteiger partial charge in [-0.25, -0.2) is 0 Å². The van der Waals surface area contributed by atoms with Gasteiger partial charge >= 0.3 is 0 Å². The third-order valence-electron chi connectivity index (χ3n) is 2.14. The number of aromatic nitrogens is 3. The molecule has 0 spiro atoms. The molecule has 0 fully saturated rings. The molecule has 14 heavy (non-hydrogen) atoms. The van der Waals surface area contributed by atoms with E-state index in [0.29, 0.717) is 0 Å². The molecule has 2 aromatic heterocycles. The van der Waals surface area contributed by atoms with Crippen molar-refractivity contribution in [2.24, 2.45) is 0 Å². The second kappa shape index (κ2) is 4.05. The first-order chi connectivity index (χ1) is 6.88. The number of hydrogen-bond donors (Lipinski definition) is 0. The Morgan fingerprint density at radius 3 is 2.86 bits per heavy atom. The summed E-state index contributed by atoms with van der Waals surface area (Å²) in [6, 6.07) is 4.04. The lowest BCUT2D eigenvalue weighted by atomic mass is 10.1. The highest BCUT2D eigenvalue weighted by molar-refractivity contribution is 5.19. The Morgan fingerprint density at radius 1 is 1.29 bits per heavy atom. The van der Waals surface area contributed by atoms with E-state index in [-0.39, 0.29) is 0 Å². The predicted octanol–water partition coefficient (Wildman–Crippen LogP) is 1.89. The van der Waals surface area contributed by atoms with Crippen molar-refractivity contribution in [3.63, 3.8) is 0 Å². The molecule has 3 nitrogen and oxygen atoms in total. The number of pyridine rings is 1. The zero-order valence-corrected chi connectivity index (χ0v) is 8.22. The summed E-state index contributed by atoms with van der Waals surface area (Å²) in [5.41, 5.74) is 2.46. The van der Waals surface area contributed by atoms with Crippen molar-refractivity contribution in [1.82, 2.24) is 14.8 Å². The predicted molar refractivity (Wildman–Crippen MR) is 54.9 cm³/mol. The highest BCUT2D eigenvalue weighted by atomic mass is 15.3. The molecule has 0 aliphatic heterocycles. The van der Waals surface area contributed by atoms with Crippen LogP contribution in [0.3, 0.4) is 0 Å². The molecule has 2 heterocycles. The van der Waals surface area contributed by atoms with Crippen LogP contribution in [0.25, 0.3) is 0 Å². The molecule has 0 atom stereocenters. The van der Waals surface area contributed by atoms with Gasteiger partial charge in [0, 0.05) is 31.6 Å². The molecule has 0 amide bonds. The third-order valence-corrected chi connectivity index (χ3v) is 2.14. The summed E-state index contributed by atoms with van der Waals surface area (Å²) < 4.78 is 1.94. The number of aryl methyl sites for hydroxylation is 1. The maximum Gasteiger partial charge on any atom is 0.0525 e. The molecule has 2 rings (SSSR count). The van der Waals surface area contributed by atoms with Gasteiger partial charge < -0.3 is 0 Å². The lowest BCUT2D eigenvalue weighted by Crippen LogP contribution is -1.92. The van der Waals surface area contributed by atoms with E-state index in [9.17, 15) is 0 Å². The van der Waals surface area contributed by atoms with Crippen LogP contribution in [-0.4, -0.2) is 14.8 Å². The Balaban J connectivity index is 2.11. The van der Waals surface area contributed by atoms with E-state index in [2.05, 4.69) is 29.3 Å². The van der Waals surface area contributed by atoms with Gasteiger partial charge in [-0.3, -0.25) is 9.67 Å². The first kappa shape index (κ1) is 8.94. The Morgan fingerprint density at radius 2 is 2.21 bits per heavy atom. The smallest absolute Gasteiger partial charge is 0.0525 e. The van der Waals surface area contributed by atoms with E-state index in [4.69, 9.17) is 0 Å². The van der Waals surface area contributed by atoms with Gasteiger partial charge in [0.1, 0.15) is 0 Å². The molecule has 2 aromatic rings. The summed E-state index contributed by atoms with van der Waals surface area (Å²) in [4.78, 5) is 4.08. The van der Waals surface area contributed by atoms with Gasteiger partial charge in [-0.05, 0) is 24.1 Å². The Hall–Kier alpha value is -1.64. The SMILES string of the molecule is CCn1cc(Cc2cccnc2)cn1. The van der Waals surface area contributed by atoms with Gasteiger partial charge in [-0.15, -0.1) is 0 Å². The lowest BCUT2D eigenvalue weighted by molar-refractivity contribution is 0.659. The first-order valence-electron chi connectivity index (χ1n) is 4.78. The molecule has 3 heteroatoms. The van der Waals surface area contributed by atoms with Crippen LogP contribution < -0.4 is 0 Å². The molecule has 0 bridgehead atoms. The van der Waals surface area contributed by atoms with Crippen molar-refractivity contribution >= 4 is 0 Å². The average molecular weight is 187 g/mol. The number of hydrogen-bond acceptors (Lipinski definition) is 2. The lowest BCUT2D eigenvalue weighted by Gasteiger charge is -1.96. The second-order valence-corrected chi connectivity index (χ2v) is 3.24. The van der Waals surface area contributed by atoms with E-state index in [1.54, 1.807) is 6.20 Å². The fraction of sp³-hybridized carbons (Fsp3) is 0.273. The molecular weight excluding hydrogens is 174 g/mol. The molecule has 0 radical (unpaired) electrons. The third kappa shape index (κ3) is 1.99. The Labute approximate surface area is 83.4 Å². The van der Waals surface area contributed by atoms with Crippen LogP contribution in [-0.2, 0) is 13.0 Å². The van der Waals surface area contributed by atoms with E-state index >= 15 is 0 Å². The topological polar surface area (TPSA) is 30.7 Å². The van der Waals surface area contributed by atoms with Crippen LogP contribution >= 0.6 is 0 Å². The largest absolute Gasteiger partial charge is 0.273 e. The minimum Gasteiger partial charge on any atom is -0.273 e. The van der Waals surface area contributed by atoms with Crippen LogP contribution in [0.5, 0.6) is 0 Å². The van der Waals surface area contributed by atoms with Crippen molar-refractivity contribution in [2.45, 2.75) is 19.9 Å². The summed E-state index contributed by atoms with van der Waals surface area (Å²) in [6.45, 7) is 3.01. The Bertz CT molecular complexity index is 392. The van der Waals surface area contributed by atoms with E-state index in [1.807, 2.05) is 23.1 Å². The van der Waals surface area contributed by atoms with Crippen molar-refractivity contribution in [1.29, 1.82) is 0 Å². The van der Waals surface area contributed by atoms with E-state index in [0.717, 1.165) is 13.0 Å². The maximum atomic E-state index is 4.23. The van der Waals surface area contributed by atoms with Crippen LogP contribution in [0.4, 0.5) is 0 Å². The molecule has 0 N–H and O–H groups in total. The molecule has 0 saturated carbocycles. The monoisotopic (exact) mass is 187 g/mol. The molecule has 0 aliphatic carbocycles. The zero-order chi connectivity index (χ0) is 9.80. The van der Waals surface area contributed by atoms with Crippen molar-refractivity contribution in [3.8, 4) is 0 Å². The fourth-order valence-electron chi connectivity index (χ4n) is 1.41. The van der Waals surface area contributed by atoms with Gasteiger partial charge in [-0.2, -0.15) is 5.10 Å². The number of nitrogens with zero attached hydrogens (tertiary/aromatic N) is 3. The highest BCUT2D eigenvalue weighted by Gasteiger charge is 1.98. The summed E-state index contributed by atoms with van der Waals surface area (Å²) >= 11 is 0. The molecular formula is C11H13N3. The molecule has 0 unspecified atom stereocenters. The number of rotatable bonds is 3. The zero-order valence-electron chi connectivity index (χ0n) is 8.22.